The Bertz CT molecular complexity index is 889. The fraction of sp³-hybridized carbons (Fsp3) is 0.556. The van der Waals surface area contributed by atoms with Gasteiger partial charge in [-0.15, -0.1) is 35.1 Å². The predicted molar refractivity (Wildman–Crippen MR) is 111 cm³/mol. The van der Waals surface area contributed by atoms with Gasteiger partial charge in [-0.1, -0.05) is 18.8 Å². The van der Waals surface area contributed by atoms with Crippen LogP contribution < -0.4 is 16.2 Å². The highest BCUT2D eigenvalue weighted by molar-refractivity contribution is 8.02. The number of alkyl halides is 3. The third-order valence-corrected chi connectivity index (χ3v) is 7.50. The van der Waals surface area contributed by atoms with E-state index in [9.17, 15) is 22.8 Å². The van der Waals surface area contributed by atoms with E-state index in [0.29, 0.717) is 16.2 Å². The number of hydrogen-bond donors (Lipinski definition) is 2. The van der Waals surface area contributed by atoms with Crippen LogP contribution in [0.5, 0.6) is 0 Å². The van der Waals surface area contributed by atoms with Gasteiger partial charge in [-0.05, 0) is 6.42 Å². The summed E-state index contributed by atoms with van der Waals surface area (Å²) in [6.45, 7) is 2.05. The summed E-state index contributed by atoms with van der Waals surface area (Å²) in [6.07, 6.45) is -1.39. The van der Waals surface area contributed by atoms with Crippen molar-refractivity contribution in [3.05, 3.63) is 28.4 Å². The molecule has 3 heterocycles. The molecule has 5 nitrogen and oxygen atoms in total. The number of carbonyl (C=O) groups is 1. The van der Waals surface area contributed by atoms with Gasteiger partial charge in [0.05, 0.1) is 22.2 Å². The largest absolute Gasteiger partial charge is 0.324 e. The van der Waals surface area contributed by atoms with Crippen LogP contribution in [0.1, 0.15) is 13.3 Å². The lowest BCUT2D eigenvalue weighted by Crippen LogP contribution is -2.28. The average molecular weight is 466 g/mol. The molecule has 11 heteroatoms. The average Bonchev–Trinajstić information content (AvgIpc) is 3.22. The van der Waals surface area contributed by atoms with Crippen molar-refractivity contribution in [3.63, 3.8) is 0 Å². The molecule has 2 saturated heterocycles. The molecule has 2 fully saturated rings. The van der Waals surface area contributed by atoms with Gasteiger partial charge in [0.2, 0.25) is 5.91 Å². The van der Waals surface area contributed by atoms with Crippen molar-refractivity contribution >= 4 is 46.7 Å². The number of hydrogen-bond acceptors (Lipinski definition) is 5. The third kappa shape index (κ3) is 5.87. The Morgan fingerprint density at radius 3 is 2.86 bits per heavy atom. The van der Waals surface area contributed by atoms with E-state index in [2.05, 4.69) is 29.4 Å². The lowest BCUT2D eigenvalue weighted by Gasteiger charge is -2.12. The minimum atomic E-state index is -2.82. The van der Waals surface area contributed by atoms with Gasteiger partial charge in [0.1, 0.15) is 5.37 Å². The normalized spacial score (nSPS) is 29.0. The first-order chi connectivity index (χ1) is 13.7. The first-order valence-electron chi connectivity index (χ1n) is 8.91. The highest BCUT2D eigenvalue weighted by atomic mass is 35.5. The van der Waals surface area contributed by atoms with Gasteiger partial charge in [-0.25, -0.2) is 13.2 Å². The topological polar surface area (TPSA) is 63.1 Å². The van der Waals surface area contributed by atoms with Crippen molar-refractivity contribution in [2.75, 3.05) is 11.9 Å². The summed E-state index contributed by atoms with van der Waals surface area (Å²) in [5, 5.41) is 5.79. The van der Waals surface area contributed by atoms with Gasteiger partial charge in [0.15, 0.2) is 5.82 Å². The van der Waals surface area contributed by atoms with Gasteiger partial charge < -0.3 is 9.88 Å². The first-order valence-corrected chi connectivity index (χ1v) is 11.2. The van der Waals surface area contributed by atoms with E-state index in [0.717, 1.165) is 18.8 Å². The molecule has 2 N–H and O–H groups in total. The first kappa shape index (κ1) is 22.4. The number of thioether (sulfide) groups is 2. The van der Waals surface area contributed by atoms with Gasteiger partial charge in [0.25, 0.3) is 12.0 Å². The molecule has 158 valence electrons. The fourth-order valence-corrected chi connectivity index (χ4v) is 5.69. The Morgan fingerprint density at radius 2 is 2.21 bits per heavy atom. The standard InChI is InChI=1S/C18H19ClF3N3O2S2/c1-9-6-23-15(28-9)3-2-10-4-13(29-16(10)19)17(26)24-11-5-12(20)18(27)25(7-11)8-14(21)22/h5,7,9-10,13-16,23H,4,6,8H2,1H3,(H,24,26). The summed E-state index contributed by atoms with van der Waals surface area (Å²) in [5.74, 6) is 4.45. The summed E-state index contributed by atoms with van der Waals surface area (Å²) < 4.78 is 39.0. The van der Waals surface area contributed by atoms with Crippen molar-refractivity contribution in [3.8, 4) is 11.8 Å². The fourth-order valence-electron chi connectivity index (χ4n) is 2.98. The van der Waals surface area contributed by atoms with Crippen LogP contribution in [0.15, 0.2) is 17.1 Å². The van der Waals surface area contributed by atoms with E-state index >= 15 is 0 Å². The van der Waals surface area contributed by atoms with Crippen LogP contribution in [0.2, 0.25) is 0 Å². The zero-order valence-electron chi connectivity index (χ0n) is 15.3. The maximum absolute atomic E-state index is 13.7. The molecule has 0 aliphatic carbocycles. The van der Waals surface area contributed by atoms with Crippen molar-refractivity contribution < 1.29 is 18.0 Å². The summed E-state index contributed by atoms with van der Waals surface area (Å²) in [5.41, 5.74) is -1.23. The van der Waals surface area contributed by atoms with E-state index in [1.54, 1.807) is 11.8 Å². The monoisotopic (exact) mass is 465 g/mol. The lowest BCUT2D eigenvalue weighted by atomic mass is 10.1. The summed E-state index contributed by atoms with van der Waals surface area (Å²) in [4.78, 5) is 24.1. The number of rotatable bonds is 4. The second-order valence-corrected chi connectivity index (χ2v) is 10.4. The molecule has 0 radical (unpaired) electrons. The maximum atomic E-state index is 13.7. The molecule has 2 aliphatic heterocycles. The van der Waals surface area contributed by atoms with Gasteiger partial charge >= 0.3 is 0 Å². The van der Waals surface area contributed by atoms with Gasteiger partial charge in [-0.2, -0.15) is 0 Å². The number of amides is 1. The maximum Gasteiger partial charge on any atom is 0.286 e. The Labute approximate surface area is 179 Å². The molecule has 1 amide bonds. The predicted octanol–water partition coefficient (Wildman–Crippen LogP) is 2.93. The zero-order chi connectivity index (χ0) is 21.1. The number of nitrogens with zero attached hydrogens (tertiary/aromatic N) is 1. The molecular weight excluding hydrogens is 447 g/mol. The minimum absolute atomic E-state index is 0.0469. The molecular formula is C18H19ClF3N3O2S2. The zero-order valence-corrected chi connectivity index (χ0v) is 17.7. The molecule has 0 saturated carbocycles. The molecule has 1 aromatic heterocycles. The highest BCUT2D eigenvalue weighted by Gasteiger charge is 2.37. The number of carbonyl (C=O) groups excluding carboxylic acids is 1. The Hall–Kier alpha value is -1.28. The molecule has 2 aliphatic rings. The van der Waals surface area contributed by atoms with Gasteiger partial charge in [0, 0.05) is 30.0 Å². The second-order valence-electron chi connectivity index (χ2n) is 6.76. The summed E-state index contributed by atoms with van der Waals surface area (Å²) in [7, 11) is 0. The van der Waals surface area contributed by atoms with Crippen LogP contribution >= 0.6 is 35.1 Å². The highest BCUT2D eigenvalue weighted by Crippen LogP contribution is 2.41. The molecule has 0 aromatic carbocycles. The SMILES string of the molecule is CC1CNC(C#CC2CC(C(=O)Nc3cc(F)c(=O)n(CC(F)F)c3)SC2Cl)S1. The van der Waals surface area contributed by atoms with Crippen molar-refractivity contribution in [2.45, 2.75) is 46.9 Å². The summed E-state index contributed by atoms with van der Waals surface area (Å²) >= 11 is 9.31. The molecule has 0 spiro atoms. The number of anilines is 1. The van der Waals surface area contributed by atoms with Crippen LogP contribution in [0.25, 0.3) is 0 Å². The summed E-state index contributed by atoms with van der Waals surface area (Å²) in [6, 6.07) is 0.821. The quantitative estimate of drug-likeness (QED) is 0.529. The van der Waals surface area contributed by atoms with E-state index < -0.39 is 35.5 Å². The Balaban J connectivity index is 1.64. The van der Waals surface area contributed by atoms with E-state index in [4.69, 9.17) is 11.6 Å². The van der Waals surface area contributed by atoms with E-state index in [-0.39, 0.29) is 21.7 Å². The van der Waals surface area contributed by atoms with Gasteiger partial charge in [-0.3, -0.25) is 14.9 Å². The van der Waals surface area contributed by atoms with Crippen LogP contribution in [0.4, 0.5) is 18.9 Å². The number of halogens is 4. The Kier molecular flexibility index (Phi) is 7.48. The molecule has 29 heavy (non-hydrogen) atoms. The van der Waals surface area contributed by atoms with E-state index in [1.807, 2.05) is 0 Å². The Morgan fingerprint density at radius 1 is 1.45 bits per heavy atom. The molecule has 5 unspecified atom stereocenters. The molecule has 3 rings (SSSR count). The number of pyridine rings is 1. The van der Waals surface area contributed by atoms with Crippen LogP contribution in [-0.2, 0) is 11.3 Å². The van der Waals surface area contributed by atoms with Crippen LogP contribution in [0.3, 0.4) is 0 Å². The van der Waals surface area contributed by atoms with Crippen molar-refractivity contribution in [1.82, 2.24) is 9.88 Å². The van der Waals surface area contributed by atoms with Crippen molar-refractivity contribution in [1.29, 1.82) is 0 Å². The number of nitrogens with one attached hydrogen (secondary N) is 2. The molecule has 0 bridgehead atoms. The molecule has 5 atom stereocenters. The van der Waals surface area contributed by atoms with Crippen molar-refractivity contribution in [2.24, 2.45) is 5.92 Å². The third-order valence-electron chi connectivity index (χ3n) is 4.37. The second kappa shape index (κ2) is 9.69. The minimum Gasteiger partial charge on any atom is -0.324 e. The molecule has 1 aromatic rings. The lowest BCUT2D eigenvalue weighted by molar-refractivity contribution is -0.115. The van der Waals surface area contributed by atoms with E-state index in [1.165, 1.54) is 11.8 Å². The number of aromatic nitrogens is 1. The van der Waals surface area contributed by atoms with Crippen LogP contribution in [-0.4, -0.2) is 44.0 Å². The van der Waals surface area contributed by atoms with Crippen LogP contribution in [0, 0.1) is 23.6 Å². The smallest absolute Gasteiger partial charge is 0.286 e.